The van der Waals surface area contributed by atoms with Crippen molar-refractivity contribution in [3.63, 3.8) is 0 Å². The van der Waals surface area contributed by atoms with Crippen LogP contribution in [0.2, 0.25) is 0 Å². The second-order valence-electron chi connectivity index (χ2n) is 6.08. The molecule has 2 rings (SSSR count). The Morgan fingerprint density at radius 1 is 1.14 bits per heavy atom. The highest BCUT2D eigenvalue weighted by Crippen LogP contribution is 2.15. The van der Waals surface area contributed by atoms with E-state index in [9.17, 15) is 4.79 Å². The van der Waals surface area contributed by atoms with E-state index in [0.717, 1.165) is 39.1 Å². The monoisotopic (exact) mass is 289 g/mol. The number of hydrogen-bond donors (Lipinski definition) is 1. The van der Waals surface area contributed by atoms with Gasteiger partial charge in [-0.15, -0.1) is 0 Å². The third kappa shape index (κ3) is 4.96. The molecule has 1 heterocycles. The molecule has 0 radical (unpaired) electrons. The largest absolute Gasteiger partial charge is 0.368 e. The molecule has 0 bridgehead atoms. The fraction of sp³-hybridized carbons (Fsp3) is 0.588. The van der Waals surface area contributed by atoms with Crippen LogP contribution in [-0.2, 0) is 0 Å². The maximum absolute atomic E-state index is 12.1. The molecule has 1 aromatic carbocycles. The van der Waals surface area contributed by atoms with E-state index in [2.05, 4.69) is 48.3 Å². The Bertz CT molecular complexity index is 425. The minimum absolute atomic E-state index is 0.0893. The molecule has 0 unspecified atom stereocenters. The predicted octanol–water partition coefficient (Wildman–Crippen LogP) is 2.95. The van der Waals surface area contributed by atoms with Crippen molar-refractivity contribution in [1.82, 2.24) is 10.2 Å². The molecule has 0 aromatic heterocycles. The molecule has 0 aliphatic carbocycles. The molecular weight excluding hydrogens is 262 g/mol. The molecule has 4 heteroatoms. The van der Waals surface area contributed by atoms with Crippen molar-refractivity contribution in [3.8, 4) is 0 Å². The number of urea groups is 1. The van der Waals surface area contributed by atoms with Gasteiger partial charge >= 0.3 is 6.03 Å². The van der Waals surface area contributed by atoms with Crippen molar-refractivity contribution in [2.75, 3.05) is 37.6 Å². The van der Waals surface area contributed by atoms with E-state index in [4.69, 9.17) is 0 Å². The Balaban J connectivity index is 1.70. The third-order valence-corrected chi connectivity index (χ3v) is 3.92. The van der Waals surface area contributed by atoms with Crippen LogP contribution in [-0.4, -0.2) is 43.7 Å². The van der Waals surface area contributed by atoms with Gasteiger partial charge in [0, 0.05) is 38.4 Å². The van der Waals surface area contributed by atoms with Gasteiger partial charge in [-0.3, -0.25) is 0 Å². The third-order valence-electron chi connectivity index (χ3n) is 3.92. The van der Waals surface area contributed by atoms with Crippen LogP contribution in [0.1, 0.15) is 26.7 Å². The van der Waals surface area contributed by atoms with E-state index < -0.39 is 0 Å². The molecule has 0 saturated carbocycles. The SMILES string of the molecule is CC(C)CCCNC(=O)N1CCN(c2ccccc2)CC1. The van der Waals surface area contributed by atoms with Crippen molar-refractivity contribution in [2.45, 2.75) is 26.7 Å². The molecule has 1 saturated heterocycles. The Morgan fingerprint density at radius 3 is 2.43 bits per heavy atom. The summed E-state index contributed by atoms with van der Waals surface area (Å²) in [5.74, 6) is 0.705. The number of amides is 2. The summed E-state index contributed by atoms with van der Waals surface area (Å²) in [4.78, 5) is 16.3. The van der Waals surface area contributed by atoms with E-state index in [1.807, 2.05) is 11.0 Å². The Morgan fingerprint density at radius 2 is 1.81 bits per heavy atom. The number of anilines is 1. The average molecular weight is 289 g/mol. The highest BCUT2D eigenvalue weighted by Gasteiger charge is 2.20. The van der Waals surface area contributed by atoms with Gasteiger partial charge in [0.25, 0.3) is 0 Å². The Hall–Kier alpha value is -1.71. The molecule has 1 fully saturated rings. The van der Waals surface area contributed by atoms with Crippen molar-refractivity contribution >= 4 is 11.7 Å². The van der Waals surface area contributed by atoms with Gasteiger partial charge in [-0.2, -0.15) is 0 Å². The number of piperazine rings is 1. The first-order chi connectivity index (χ1) is 10.2. The van der Waals surface area contributed by atoms with Crippen LogP contribution in [0.5, 0.6) is 0 Å². The number of hydrogen-bond acceptors (Lipinski definition) is 2. The number of nitrogens with one attached hydrogen (secondary N) is 1. The van der Waals surface area contributed by atoms with Crippen molar-refractivity contribution < 1.29 is 4.79 Å². The zero-order chi connectivity index (χ0) is 15.1. The van der Waals surface area contributed by atoms with Gasteiger partial charge < -0.3 is 15.1 Å². The topological polar surface area (TPSA) is 35.6 Å². The van der Waals surface area contributed by atoms with Crippen LogP contribution in [0.4, 0.5) is 10.5 Å². The molecule has 0 atom stereocenters. The number of rotatable bonds is 5. The molecule has 2 amide bonds. The van der Waals surface area contributed by atoms with Crippen molar-refractivity contribution in [2.24, 2.45) is 5.92 Å². The van der Waals surface area contributed by atoms with E-state index in [1.165, 1.54) is 12.1 Å². The first-order valence-electron chi connectivity index (χ1n) is 7.99. The summed E-state index contributed by atoms with van der Waals surface area (Å²) >= 11 is 0. The van der Waals surface area contributed by atoms with Crippen LogP contribution in [0.15, 0.2) is 30.3 Å². The Kier molecular flexibility index (Phi) is 5.90. The zero-order valence-electron chi connectivity index (χ0n) is 13.2. The summed E-state index contributed by atoms with van der Waals surface area (Å²) < 4.78 is 0. The maximum Gasteiger partial charge on any atom is 0.317 e. The quantitative estimate of drug-likeness (QED) is 0.846. The summed E-state index contributed by atoms with van der Waals surface area (Å²) in [7, 11) is 0. The first-order valence-corrected chi connectivity index (χ1v) is 7.99. The molecule has 1 aromatic rings. The molecule has 21 heavy (non-hydrogen) atoms. The number of benzene rings is 1. The van der Waals surface area contributed by atoms with Gasteiger partial charge in [0.05, 0.1) is 0 Å². The normalized spacial score (nSPS) is 15.4. The predicted molar refractivity (Wildman–Crippen MR) is 87.7 cm³/mol. The van der Waals surface area contributed by atoms with Gasteiger partial charge in [0.1, 0.15) is 0 Å². The minimum atomic E-state index is 0.0893. The fourth-order valence-electron chi connectivity index (χ4n) is 2.62. The van der Waals surface area contributed by atoms with E-state index in [1.54, 1.807) is 0 Å². The Labute approximate surface area is 128 Å². The van der Waals surface area contributed by atoms with Crippen LogP contribution >= 0.6 is 0 Å². The molecule has 1 aliphatic rings. The standard InChI is InChI=1S/C17H27N3O/c1-15(2)7-6-10-18-17(21)20-13-11-19(12-14-20)16-8-4-3-5-9-16/h3-5,8-9,15H,6-7,10-14H2,1-2H3,(H,18,21). The molecule has 0 spiro atoms. The number of carbonyl (C=O) groups is 1. The first kappa shape index (κ1) is 15.7. The summed E-state index contributed by atoms with van der Waals surface area (Å²) in [6.07, 6.45) is 2.23. The van der Waals surface area contributed by atoms with Crippen molar-refractivity contribution in [3.05, 3.63) is 30.3 Å². The lowest BCUT2D eigenvalue weighted by molar-refractivity contribution is 0.194. The van der Waals surface area contributed by atoms with Gasteiger partial charge in [-0.05, 0) is 30.9 Å². The van der Waals surface area contributed by atoms with Gasteiger partial charge in [0.15, 0.2) is 0 Å². The number of para-hydroxylation sites is 1. The van der Waals surface area contributed by atoms with Crippen LogP contribution in [0.3, 0.4) is 0 Å². The minimum Gasteiger partial charge on any atom is -0.368 e. The van der Waals surface area contributed by atoms with Crippen molar-refractivity contribution in [1.29, 1.82) is 0 Å². The van der Waals surface area contributed by atoms with Gasteiger partial charge in [-0.25, -0.2) is 4.79 Å². The smallest absolute Gasteiger partial charge is 0.317 e. The van der Waals surface area contributed by atoms with E-state index >= 15 is 0 Å². The number of nitrogens with zero attached hydrogens (tertiary/aromatic N) is 2. The summed E-state index contributed by atoms with van der Waals surface area (Å²) in [5, 5.41) is 3.03. The average Bonchev–Trinajstić information content (AvgIpc) is 2.52. The molecule has 1 N–H and O–H groups in total. The molecule has 116 valence electrons. The zero-order valence-corrected chi connectivity index (χ0v) is 13.2. The van der Waals surface area contributed by atoms with E-state index in [-0.39, 0.29) is 6.03 Å². The van der Waals surface area contributed by atoms with Crippen LogP contribution in [0, 0.1) is 5.92 Å². The fourth-order valence-corrected chi connectivity index (χ4v) is 2.62. The highest BCUT2D eigenvalue weighted by molar-refractivity contribution is 5.74. The summed E-state index contributed by atoms with van der Waals surface area (Å²) in [6.45, 7) is 8.62. The van der Waals surface area contributed by atoms with Crippen LogP contribution in [0.25, 0.3) is 0 Å². The molecule has 4 nitrogen and oxygen atoms in total. The molecule has 1 aliphatic heterocycles. The van der Waals surface area contributed by atoms with Crippen LogP contribution < -0.4 is 10.2 Å². The van der Waals surface area contributed by atoms with E-state index in [0.29, 0.717) is 5.92 Å². The summed E-state index contributed by atoms with van der Waals surface area (Å²) in [5.41, 5.74) is 1.24. The van der Waals surface area contributed by atoms with Gasteiger partial charge in [-0.1, -0.05) is 32.0 Å². The summed E-state index contributed by atoms with van der Waals surface area (Å²) in [6, 6.07) is 10.5. The lowest BCUT2D eigenvalue weighted by Gasteiger charge is -2.36. The van der Waals surface area contributed by atoms with Gasteiger partial charge in [0.2, 0.25) is 0 Å². The molecular formula is C17H27N3O. The lowest BCUT2D eigenvalue weighted by atomic mass is 10.1. The number of carbonyl (C=O) groups excluding carboxylic acids is 1. The highest BCUT2D eigenvalue weighted by atomic mass is 16.2. The lowest BCUT2D eigenvalue weighted by Crippen LogP contribution is -2.52. The second-order valence-corrected chi connectivity index (χ2v) is 6.08. The second kappa shape index (κ2) is 7.91. The maximum atomic E-state index is 12.1.